The smallest absolute Gasteiger partial charge is 0.0894 e. The van der Waals surface area contributed by atoms with Crippen molar-refractivity contribution in [2.24, 2.45) is 0 Å². The Morgan fingerprint density at radius 2 is 2.00 bits per heavy atom. The summed E-state index contributed by atoms with van der Waals surface area (Å²) in [6, 6.07) is 6.42. The van der Waals surface area contributed by atoms with Crippen LogP contribution in [0.5, 0.6) is 0 Å². The molecule has 1 aromatic carbocycles. The zero-order chi connectivity index (χ0) is 13.1. The van der Waals surface area contributed by atoms with E-state index in [1.807, 2.05) is 26.0 Å². The molecule has 2 aromatic rings. The number of fused-ring (bicyclic) bond motifs is 1. The van der Waals surface area contributed by atoms with Crippen LogP contribution in [-0.4, -0.2) is 9.97 Å². The Hall–Kier alpha value is -1.70. The standard InChI is InChI=1S/C16H20N2/c1-5-7-14-12(4)17-16-10-13(11(3)6-2)8-9-15(16)18-14/h5,7-11H,6H2,1-4H3. The van der Waals surface area contributed by atoms with Gasteiger partial charge in [-0.25, -0.2) is 9.97 Å². The third-order valence-electron chi connectivity index (χ3n) is 3.41. The highest BCUT2D eigenvalue weighted by molar-refractivity contribution is 5.76. The average molecular weight is 240 g/mol. The molecule has 18 heavy (non-hydrogen) atoms. The molecule has 1 atom stereocenters. The summed E-state index contributed by atoms with van der Waals surface area (Å²) in [4.78, 5) is 9.30. The fourth-order valence-electron chi connectivity index (χ4n) is 2.03. The molecule has 0 amide bonds. The molecular formula is C16H20N2. The van der Waals surface area contributed by atoms with Crippen molar-refractivity contribution in [1.82, 2.24) is 9.97 Å². The highest BCUT2D eigenvalue weighted by Gasteiger charge is 2.07. The van der Waals surface area contributed by atoms with Gasteiger partial charge in [0.2, 0.25) is 0 Å². The lowest BCUT2D eigenvalue weighted by Crippen LogP contribution is -1.96. The van der Waals surface area contributed by atoms with Crippen LogP contribution in [0, 0.1) is 6.92 Å². The highest BCUT2D eigenvalue weighted by Crippen LogP contribution is 2.22. The van der Waals surface area contributed by atoms with E-state index < -0.39 is 0 Å². The van der Waals surface area contributed by atoms with Gasteiger partial charge in [-0.05, 0) is 50.0 Å². The van der Waals surface area contributed by atoms with Gasteiger partial charge in [0, 0.05) is 0 Å². The van der Waals surface area contributed by atoms with Crippen molar-refractivity contribution in [2.45, 2.75) is 40.0 Å². The predicted molar refractivity (Wildman–Crippen MR) is 77.7 cm³/mol. The minimum absolute atomic E-state index is 0.576. The van der Waals surface area contributed by atoms with Gasteiger partial charge in [-0.3, -0.25) is 0 Å². The van der Waals surface area contributed by atoms with Gasteiger partial charge in [-0.2, -0.15) is 0 Å². The Kier molecular flexibility index (Phi) is 3.75. The quantitative estimate of drug-likeness (QED) is 0.790. The first-order valence-electron chi connectivity index (χ1n) is 6.56. The van der Waals surface area contributed by atoms with E-state index in [2.05, 4.69) is 42.0 Å². The third kappa shape index (κ3) is 2.42. The Morgan fingerprint density at radius 1 is 1.22 bits per heavy atom. The fraction of sp³-hybridized carbons (Fsp3) is 0.375. The van der Waals surface area contributed by atoms with Gasteiger partial charge in [0.05, 0.1) is 22.4 Å². The maximum atomic E-state index is 4.66. The second-order valence-corrected chi connectivity index (χ2v) is 4.75. The van der Waals surface area contributed by atoms with Crippen LogP contribution in [0.1, 0.15) is 50.1 Å². The van der Waals surface area contributed by atoms with Crippen LogP contribution in [0.4, 0.5) is 0 Å². The summed E-state index contributed by atoms with van der Waals surface area (Å²) in [7, 11) is 0. The summed E-state index contributed by atoms with van der Waals surface area (Å²) in [5, 5.41) is 0. The number of hydrogen-bond donors (Lipinski definition) is 0. The van der Waals surface area contributed by atoms with E-state index in [0.29, 0.717) is 5.92 Å². The second kappa shape index (κ2) is 5.30. The minimum atomic E-state index is 0.576. The van der Waals surface area contributed by atoms with Crippen molar-refractivity contribution in [3.05, 3.63) is 41.2 Å². The van der Waals surface area contributed by atoms with Crippen LogP contribution < -0.4 is 0 Å². The molecule has 0 fully saturated rings. The monoisotopic (exact) mass is 240 g/mol. The summed E-state index contributed by atoms with van der Waals surface area (Å²) in [5.41, 5.74) is 5.26. The van der Waals surface area contributed by atoms with Gasteiger partial charge in [-0.15, -0.1) is 0 Å². The zero-order valence-corrected chi connectivity index (χ0v) is 11.6. The first kappa shape index (κ1) is 12.7. The lowest BCUT2D eigenvalue weighted by atomic mass is 9.98. The van der Waals surface area contributed by atoms with E-state index in [9.17, 15) is 0 Å². The number of allylic oxidation sites excluding steroid dienone is 1. The molecule has 1 heterocycles. The van der Waals surface area contributed by atoms with Gasteiger partial charge in [0.15, 0.2) is 0 Å². The molecule has 0 N–H and O–H groups in total. The van der Waals surface area contributed by atoms with E-state index in [-0.39, 0.29) is 0 Å². The lowest BCUT2D eigenvalue weighted by Gasteiger charge is -2.10. The number of rotatable bonds is 3. The van der Waals surface area contributed by atoms with Gasteiger partial charge in [0.25, 0.3) is 0 Å². The highest BCUT2D eigenvalue weighted by atomic mass is 14.8. The molecule has 0 aliphatic carbocycles. The minimum Gasteiger partial charge on any atom is -0.249 e. The van der Waals surface area contributed by atoms with Crippen molar-refractivity contribution in [3.8, 4) is 0 Å². The van der Waals surface area contributed by atoms with Gasteiger partial charge in [-0.1, -0.05) is 26.0 Å². The summed E-state index contributed by atoms with van der Waals surface area (Å²) in [5.74, 6) is 0.576. The normalized spacial score (nSPS) is 13.3. The second-order valence-electron chi connectivity index (χ2n) is 4.75. The van der Waals surface area contributed by atoms with E-state index in [4.69, 9.17) is 0 Å². The largest absolute Gasteiger partial charge is 0.249 e. The summed E-state index contributed by atoms with van der Waals surface area (Å²) in [6.45, 7) is 8.46. The molecule has 1 unspecified atom stereocenters. The molecule has 0 radical (unpaired) electrons. The van der Waals surface area contributed by atoms with Crippen molar-refractivity contribution in [1.29, 1.82) is 0 Å². The van der Waals surface area contributed by atoms with Crippen LogP contribution in [0.15, 0.2) is 24.3 Å². The predicted octanol–water partition coefficient (Wildman–Crippen LogP) is 4.48. The maximum Gasteiger partial charge on any atom is 0.0894 e. The van der Waals surface area contributed by atoms with E-state index in [1.54, 1.807) is 0 Å². The summed E-state index contributed by atoms with van der Waals surface area (Å²) >= 11 is 0. The topological polar surface area (TPSA) is 25.8 Å². The van der Waals surface area contributed by atoms with Crippen LogP contribution in [-0.2, 0) is 0 Å². The van der Waals surface area contributed by atoms with E-state index in [0.717, 1.165) is 28.8 Å². The Bertz CT molecular complexity index is 585. The van der Waals surface area contributed by atoms with Crippen molar-refractivity contribution in [3.63, 3.8) is 0 Å². The molecule has 0 saturated heterocycles. The zero-order valence-electron chi connectivity index (χ0n) is 11.6. The first-order valence-corrected chi connectivity index (χ1v) is 6.56. The molecule has 0 bridgehead atoms. The van der Waals surface area contributed by atoms with E-state index in [1.165, 1.54) is 5.56 Å². The molecule has 2 heteroatoms. The van der Waals surface area contributed by atoms with Crippen molar-refractivity contribution in [2.75, 3.05) is 0 Å². The van der Waals surface area contributed by atoms with Crippen LogP contribution in [0.3, 0.4) is 0 Å². The summed E-state index contributed by atoms with van der Waals surface area (Å²) < 4.78 is 0. The van der Waals surface area contributed by atoms with Crippen LogP contribution in [0.2, 0.25) is 0 Å². The number of aryl methyl sites for hydroxylation is 1. The molecule has 2 rings (SSSR count). The van der Waals surface area contributed by atoms with Gasteiger partial charge >= 0.3 is 0 Å². The number of nitrogens with zero attached hydrogens (tertiary/aromatic N) is 2. The van der Waals surface area contributed by atoms with Gasteiger partial charge < -0.3 is 0 Å². The van der Waals surface area contributed by atoms with Gasteiger partial charge in [0.1, 0.15) is 0 Å². The molecule has 0 saturated carbocycles. The molecule has 0 spiro atoms. The number of aromatic nitrogens is 2. The van der Waals surface area contributed by atoms with E-state index >= 15 is 0 Å². The molecule has 1 aromatic heterocycles. The number of benzene rings is 1. The SMILES string of the molecule is CC=Cc1nc2ccc(C(C)CC)cc2nc1C. The number of hydrogen-bond acceptors (Lipinski definition) is 2. The first-order chi connectivity index (χ1) is 8.65. The summed E-state index contributed by atoms with van der Waals surface area (Å²) in [6.07, 6.45) is 5.15. The maximum absolute atomic E-state index is 4.66. The van der Waals surface area contributed by atoms with Crippen molar-refractivity contribution >= 4 is 17.1 Å². The Balaban J connectivity index is 2.55. The Labute approximate surface area is 109 Å². The molecule has 94 valence electrons. The fourth-order valence-corrected chi connectivity index (χ4v) is 2.03. The molecule has 2 nitrogen and oxygen atoms in total. The third-order valence-corrected chi connectivity index (χ3v) is 3.41. The van der Waals surface area contributed by atoms with Crippen LogP contribution in [0.25, 0.3) is 17.1 Å². The average Bonchev–Trinajstić information content (AvgIpc) is 2.38. The molecule has 0 aliphatic rings. The molecule has 0 aliphatic heterocycles. The van der Waals surface area contributed by atoms with Crippen LogP contribution >= 0.6 is 0 Å². The van der Waals surface area contributed by atoms with Crippen molar-refractivity contribution < 1.29 is 0 Å². The lowest BCUT2D eigenvalue weighted by molar-refractivity contribution is 0.734. The Morgan fingerprint density at radius 3 is 2.67 bits per heavy atom. The molecular weight excluding hydrogens is 220 g/mol.